The van der Waals surface area contributed by atoms with Crippen LogP contribution in [0.25, 0.3) is 0 Å². The summed E-state index contributed by atoms with van der Waals surface area (Å²) >= 11 is 2.83. The van der Waals surface area contributed by atoms with Crippen LogP contribution in [0.2, 0.25) is 0 Å². The van der Waals surface area contributed by atoms with Crippen LogP contribution in [-0.4, -0.2) is 31.0 Å². The standard InChI is InChI=1S/C21H15BrF2N2O4/c1-29-14-7-3-12(4-8-14)20(27)26(19-17(23)11-16(22)18(24)25-19)21(28)13-5-9-15(30-2)10-6-13/h3-11H,1-2H3. The Morgan fingerprint density at radius 2 is 1.30 bits per heavy atom. The maximum Gasteiger partial charge on any atom is 0.266 e. The van der Waals surface area contributed by atoms with Gasteiger partial charge in [-0.05, 0) is 70.5 Å². The Morgan fingerprint density at radius 3 is 1.70 bits per heavy atom. The fourth-order valence-electron chi connectivity index (χ4n) is 2.60. The van der Waals surface area contributed by atoms with Gasteiger partial charge in [0.25, 0.3) is 11.8 Å². The number of anilines is 1. The fraction of sp³-hybridized carbons (Fsp3) is 0.0952. The Morgan fingerprint density at radius 1 is 0.867 bits per heavy atom. The zero-order valence-corrected chi connectivity index (χ0v) is 17.4. The molecule has 2 aromatic carbocycles. The van der Waals surface area contributed by atoms with Gasteiger partial charge >= 0.3 is 0 Å². The van der Waals surface area contributed by atoms with Crippen molar-refractivity contribution in [3.8, 4) is 11.5 Å². The number of carbonyl (C=O) groups excluding carboxylic acids is 2. The van der Waals surface area contributed by atoms with Gasteiger partial charge in [0.1, 0.15) is 11.5 Å². The summed E-state index contributed by atoms with van der Waals surface area (Å²) in [4.78, 5) is 30.2. The van der Waals surface area contributed by atoms with Crippen LogP contribution >= 0.6 is 15.9 Å². The predicted molar refractivity (Wildman–Crippen MR) is 109 cm³/mol. The van der Waals surface area contributed by atoms with Crippen LogP contribution < -0.4 is 14.4 Å². The summed E-state index contributed by atoms with van der Waals surface area (Å²) in [5, 5.41) is 0. The highest BCUT2D eigenvalue weighted by Crippen LogP contribution is 2.27. The van der Waals surface area contributed by atoms with E-state index in [0.29, 0.717) is 16.4 Å². The van der Waals surface area contributed by atoms with Crippen LogP contribution in [0.1, 0.15) is 20.7 Å². The van der Waals surface area contributed by atoms with Crippen molar-refractivity contribution in [3.63, 3.8) is 0 Å². The van der Waals surface area contributed by atoms with Crippen LogP contribution in [0.15, 0.2) is 59.1 Å². The number of hydrogen-bond donors (Lipinski definition) is 0. The van der Waals surface area contributed by atoms with Gasteiger partial charge in [-0.25, -0.2) is 9.29 Å². The lowest BCUT2D eigenvalue weighted by Gasteiger charge is -2.21. The molecule has 0 spiro atoms. The van der Waals surface area contributed by atoms with Crippen molar-refractivity contribution in [1.82, 2.24) is 4.98 Å². The van der Waals surface area contributed by atoms with Gasteiger partial charge in [-0.1, -0.05) is 0 Å². The van der Waals surface area contributed by atoms with Crippen LogP contribution in [0.4, 0.5) is 14.6 Å². The van der Waals surface area contributed by atoms with Gasteiger partial charge in [0, 0.05) is 11.1 Å². The van der Waals surface area contributed by atoms with Crippen molar-refractivity contribution in [2.24, 2.45) is 0 Å². The second-order valence-corrected chi connectivity index (χ2v) is 6.82. The third-order valence-electron chi connectivity index (χ3n) is 4.16. The number of halogens is 3. The molecule has 0 aliphatic heterocycles. The smallest absolute Gasteiger partial charge is 0.266 e. The first-order chi connectivity index (χ1) is 14.3. The molecule has 0 atom stereocenters. The van der Waals surface area contributed by atoms with E-state index < -0.39 is 29.4 Å². The Bertz CT molecular complexity index is 1030. The SMILES string of the molecule is COc1ccc(C(=O)N(C(=O)c2ccc(OC)cc2)c2nc(F)c(Br)cc2F)cc1. The van der Waals surface area contributed by atoms with Crippen molar-refractivity contribution in [2.75, 3.05) is 19.1 Å². The molecule has 0 saturated heterocycles. The van der Waals surface area contributed by atoms with Crippen LogP contribution in [0.3, 0.4) is 0 Å². The minimum Gasteiger partial charge on any atom is -0.497 e. The number of imide groups is 1. The van der Waals surface area contributed by atoms with E-state index in [1.165, 1.54) is 62.8 Å². The maximum atomic E-state index is 14.6. The van der Waals surface area contributed by atoms with Gasteiger partial charge < -0.3 is 9.47 Å². The Balaban J connectivity index is 2.11. The van der Waals surface area contributed by atoms with E-state index in [2.05, 4.69) is 20.9 Å². The van der Waals surface area contributed by atoms with E-state index in [9.17, 15) is 18.4 Å². The second kappa shape index (κ2) is 9.00. The molecule has 0 aliphatic rings. The molecule has 0 fully saturated rings. The monoisotopic (exact) mass is 476 g/mol. The molecule has 3 aromatic rings. The summed E-state index contributed by atoms with van der Waals surface area (Å²) in [7, 11) is 2.92. The molecule has 30 heavy (non-hydrogen) atoms. The van der Waals surface area contributed by atoms with Crippen molar-refractivity contribution in [3.05, 3.63) is 82.0 Å². The molecule has 9 heteroatoms. The Labute approximate surface area is 179 Å². The molecule has 1 heterocycles. The number of amides is 2. The number of pyridine rings is 1. The number of ether oxygens (including phenoxy) is 2. The number of rotatable bonds is 5. The molecular formula is C21H15BrF2N2O4. The lowest BCUT2D eigenvalue weighted by molar-refractivity contribution is 0.0895. The zero-order chi connectivity index (χ0) is 21.8. The predicted octanol–water partition coefficient (Wildman–Crippen LogP) is 4.63. The number of aromatic nitrogens is 1. The van der Waals surface area contributed by atoms with E-state index in [1.807, 2.05) is 0 Å². The maximum absolute atomic E-state index is 14.6. The quantitative estimate of drug-likeness (QED) is 0.396. The van der Waals surface area contributed by atoms with E-state index in [4.69, 9.17) is 9.47 Å². The first kappa shape index (κ1) is 21.4. The average Bonchev–Trinajstić information content (AvgIpc) is 2.77. The number of hydrogen-bond acceptors (Lipinski definition) is 5. The van der Waals surface area contributed by atoms with E-state index in [1.54, 1.807) is 0 Å². The van der Waals surface area contributed by atoms with Gasteiger partial charge in [0.15, 0.2) is 11.6 Å². The molecular weight excluding hydrogens is 462 g/mol. The molecule has 6 nitrogen and oxygen atoms in total. The van der Waals surface area contributed by atoms with Crippen molar-refractivity contribution in [1.29, 1.82) is 0 Å². The Hall–Kier alpha value is -3.33. The molecule has 3 rings (SSSR count). The highest BCUT2D eigenvalue weighted by Gasteiger charge is 2.30. The molecule has 154 valence electrons. The minimum absolute atomic E-state index is 0.0576. The van der Waals surface area contributed by atoms with Gasteiger partial charge in [0.05, 0.1) is 18.7 Å². The van der Waals surface area contributed by atoms with Crippen molar-refractivity contribution >= 4 is 33.6 Å². The molecule has 0 aliphatic carbocycles. The summed E-state index contributed by atoms with van der Waals surface area (Å²) in [6.45, 7) is 0. The number of carbonyl (C=O) groups is 2. The van der Waals surface area contributed by atoms with Gasteiger partial charge in [-0.15, -0.1) is 0 Å². The van der Waals surface area contributed by atoms with Crippen LogP contribution in [-0.2, 0) is 0 Å². The molecule has 2 amide bonds. The highest BCUT2D eigenvalue weighted by molar-refractivity contribution is 9.10. The number of nitrogens with zero attached hydrogens (tertiary/aromatic N) is 2. The third kappa shape index (κ3) is 4.30. The highest BCUT2D eigenvalue weighted by atomic mass is 79.9. The summed E-state index contributed by atoms with van der Waals surface area (Å²) in [5.41, 5.74) is 0.115. The molecule has 0 radical (unpaired) electrons. The van der Waals surface area contributed by atoms with E-state index in [0.717, 1.165) is 6.07 Å². The molecule has 0 saturated carbocycles. The van der Waals surface area contributed by atoms with Crippen molar-refractivity contribution < 1.29 is 27.8 Å². The minimum atomic E-state index is -1.07. The lowest BCUT2D eigenvalue weighted by atomic mass is 10.1. The summed E-state index contributed by atoms with van der Waals surface area (Å²) in [5.74, 6) is -3.67. The Kier molecular flexibility index (Phi) is 6.41. The topological polar surface area (TPSA) is 68.7 Å². The zero-order valence-electron chi connectivity index (χ0n) is 15.9. The number of methoxy groups -OCH3 is 2. The first-order valence-corrected chi connectivity index (χ1v) is 9.33. The van der Waals surface area contributed by atoms with Gasteiger partial charge in [-0.2, -0.15) is 9.37 Å². The largest absolute Gasteiger partial charge is 0.497 e. The first-order valence-electron chi connectivity index (χ1n) is 8.54. The van der Waals surface area contributed by atoms with E-state index in [-0.39, 0.29) is 15.6 Å². The van der Waals surface area contributed by atoms with Crippen molar-refractivity contribution in [2.45, 2.75) is 0 Å². The molecule has 1 aromatic heterocycles. The van der Waals surface area contributed by atoms with E-state index >= 15 is 0 Å². The molecule has 0 unspecified atom stereocenters. The second-order valence-electron chi connectivity index (χ2n) is 5.97. The van der Waals surface area contributed by atoms with Crippen LogP contribution in [0.5, 0.6) is 11.5 Å². The normalized spacial score (nSPS) is 10.4. The lowest BCUT2D eigenvalue weighted by Crippen LogP contribution is -2.38. The summed E-state index contributed by atoms with van der Waals surface area (Å²) in [6, 6.07) is 12.5. The summed E-state index contributed by atoms with van der Waals surface area (Å²) < 4.78 is 38.5. The number of benzene rings is 2. The third-order valence-corrected chi connectivity index (χ3v) is 4.72. The summed E-state index contributed by atoms with van der Waals surface area (Å²) in [6.07, 6.45) is 0. The fourth-order valence-corrected chi connectivity index (χ4v) is 2.89. The average molecular weight is 477 g/mol. The molecule has 0 bridgehead atoms. The van der Waals surface area contributed by atoms with Gasteiger partial charge in [-0.3, -0.25) is 9.59 Å². The van der Waals surface area contributed by atoms with Crippen LogP contribution in [0, 0.1) is 11.8 Å². The molecule has 0 N–H and O–H groups in total. The van der Waals surface area contributed by atoms with Gasteiger partial charge in [0.2, 0.25) is 5.95 Å².